The largest absolute Gasteiger partial charge is 0.395 e. The molecule has 7 nitrogen and oxygen atoms in total. The highest BCUT2D eigenvalue weighted by atomic mass is 79.9. The maximum atomic E-state index is 13.1. The van der Waals surface area contributed by atoms with Crippen LogP contribution in [0.1, 0.15) is 19.3 Å². The molecule has 2 fully saturated rings. The summed E-state index contributed by atoms with van der Waals surface area (Å²) >= 11 is 3.30. The SMILES string of the molecule is FCC(CON=C1CN(c2ncc(Br)cn2)C1)COC1CCCCO1. The molecule has 9 heteroatoms. The normalized spacial score (nSPS) is 21.6. The van der Waals surface area contributed by atoms with Crippen molar-refractivity contribution in [3.05, 3.63) is 16.9 Å². The van der Waals surface area contributed by atoms with E-state index in [-0.39, 0.29) is 25.4 Å². The van der Waals surface area contributed by atoms with E-state index in [1.165, 1.54) is 0 Å². The molecule has 138 valence electrons. The van der Waals surface area contributed by atoms with Gasteiger partial charge in [-0.3, -0.25) is 4.39 Å². The minimum atomic E-state index is -0.504. The fourth-order valence-corrected chi connectivity index (χ4v) is 2.72. The summed E-state index contributed by atoms with van der Waals surface area (Å²) in [6.07, 6.45) is 6.23. The topological polar surface area (TPSA) is 69.1 Å². The van der Waals surface area contributed by atoms with Gasteiger partial charge < -0.3 is 19.2 Å². The second kappa shape index (κ2) is 9.40. The van der Waals surface area contributed by atoms with E-state index in [9.17, 15) is 4.39 Å². The number of aromatic nitrogens is 2. The fourth-order valence-electron chi connectivity index (χ4n) is 2.52. The molecule has 3 heterocycles. The Labute approximate surface area is 154 Å². The van der Waals surface area contributed by atoms with E-state index in [2.05, 4.69) is 31.1 Å². The first-order valence-corrected chi connectivity index (χ1v) is 9.23. The number of nitrogens with zero attached hydrogens (tertiary/aromatic N) is 4. The number of anilines is 1. The van der Waals surface area contributed by atoms with Crippen molar-refractivity contribution < 1.29 is 18.7 Å². The van der Waals surface area contributed by atoms with Crippen LogP contribution in [0.2, 0.25) is 0 Å². The molecule has 0 aliphatic carbocycles. The third-order valence-electron chi connectivity index (χ3n) is 4.01. The third-order valence-corrected chi connectivity index (χ3v) is 4.42. The Morgan fingerprint density at radius 2 is 2.12 bits per heavy atom. The smallest absolute Gasteiger partial charge is 0.226 e. The molecule has 0 amide bonds. The molecule has 2 unspecified atom stereocenters. The van der Waals surface area contributed by atoms with Crippen LogP contribution in [-0.2, 0) is 14.3 Å². The van der Waals surface area contributed by atoms with Crippen molar-refractivity contribution in [3.8, 4) is 0 Å². The highest BCUT2D eigenvalue weighted by Crippen LogP contribution is 2.17. The van der Waals surface area contributed by atoms with Gasteiger partial charge in [-0.1, -0.05) is 5.16 Å². The van der Waals surface area contributed by atoms with Crippen molar-refractivity contribution in [1.29, 1.82) is 0 Å². The second-order valence-electron chi connectivity index (χ2n) is 6.16. The van der Waals surface area contributed by atoms with Crippen LogP contribution in [0.3, 0.4) is 0 Å². The van der Waals surface area contributed by atoms with Crippen molar-refractivity contribution in [2.45, 2.75) is 25.6 Å². The number of ether oxygens (including phenoxy) is 2. The molecule has 3 rings (SSSR count). The Hall–Kier alpha value is -1.32. The van der Waals surface area contributed by atoms with Gasteiger partial charge in [0.15, 0.2) is 6.29 Å². The highest BCUT2D eigenvalue weighted by molar-refractivity contribution is 9.10. The van der Waals surface area contributed by atoms with Gasteiger partial charge in [0.05, 0.1) is 36.6 Å². The lowest BCUT2D eigenvalue weighted by Crippen LogP contribution is -2.48. The molecule has 1 aromatic heterocycles. The molecule has 0 aromatic carbocycles. The molecule has 0 radical (unpaired) electrons. The molecule has 25 heavy (non-hydrogen) atoms. The van der Waals surface area contributed by atoms with E-state index in [1.807, 2.05) is 4.90 Å². The molecule has 1 aromatic rings. The predicted octanol–water partition coefficient (Wildman–Crippen LogP) is 2.56. The van der Waals surface area contributed by atoms with Crippen LogP contribution in [0.4, 0.5) is 10.3 Å². The first kappa shape index (κ1) is 18.5. The zero-order valence-electron chi connectivity index (χ0n) is 13.9. The van der Waals surface area contributed by atoms with Gasteiger partial charge in [0.2, 0.25) is 5.95 Å². The zero-order chi connectivity index (χ0) is 17.5. The number of oxime groups is 1. The van der Waals surface area contributed by atoms with Crippen molar-refractivity contribution in [2.24, 2.45) is 11.1 Å². The van der Waals surface area contributed by atoms with Crippen LogP contribution in [0.5, 0.6) is 0 Å². The molecule has 2 aliphatic rings. The van der Waals surface area contributed by atoms with Crippen molar-refractivity contribution in [1.82, 2.24) is 9.97 Å². The lowest BCUT2D eigenvalue weighted by atomic mass is 10.2. The van der Waals surface area contributed by atoms with Crippen LogP contribution in [-0.4, -0.2) is 61.6 Å². The van der Waals surface area contributed by atoms with Gasteiger partial charge in [-0.15, -0.1) is 0 Å². The van der Waals surface area contributed by atoms with E-state index < -0.39 is 6.67 Å². The van der Waals surface area contributed by atoms with E-state index in [1.54, 1.807) is 12.4 Å². The van der Waals surface area contributed by atoms with Crippen molar-refractivity contribution >= 4 is 27.6 Å². The third kappa shape index (κ3) is 5.58. The van der Waals surface area contributed by atoms with Gasteiger partial charge in [0.1, 0.15) is 6.61 Å². The summed E-state index contributed by atoms with van der Waals surface area (Å²) in [7, 11) is 0. The molecular formula is C16H22BrFN4O3. The van der Waals surface area contributed by atoms with Crippen LogP contribution in [0, 0.1) is 5.92 Å². The predicted molar refractivity (Wildman–Crippen MR) is 94.3 cm³/mol. The Morgan fingerprint density at radius 1 is 1.32 bits per heavy atom. The summed E-state index contributed by atoms with van der Waals surface area (Å²) in [6, 6.07) is 0. The van der Waals surface area contributed by atoms with Crippen molar-refractivity contribution in [2.75, 3.05) is 44.5 Å². The standard InChI is InChI=1S/C16H22BrFN4O3/c17-13-6-19-16(20-7-13)22-8-14(9-22)21-25-11-12(5-18)10-24-15-3-1-2-4-23-15/h6-7,12,15H,1-5,8-11H2. The van der Waals surface area contributed by atoms with E-state index in [0.717, 1.165) is 29.4 Å². The highest BCUT2D eigenvalue weighted by Gasteiger charge is 2.25. The molecule has 0 bridgehead atoms. The second-order valence-corrected chi connectivity index (χ2v) is 7.08. The minimum absolute atomic E-state index is 0.196. The number of rotatable bonds is 8. The van der Waals surface area contributed by atoms with Gasteiger partial charge in [-0.25, -0.2) is 9.97 Å². The summed E-state index contributed by atoms with van der Waals surface area (Å²) in [6.45, 7) is 1.93. The number of hydrogen-bond acceptors (Lipinski definition) is 7. The van der Waals surface area contributed by atoms with E-state index >= 15 is 0 Å². The first-order valence-electron chi connectivity index (χ1n) is 8.44. The molecular weight excluding hydrogens is 395 g/mol. The average molecular weight is 417 g/mol. The molecule has 2 aliphatic heterocycles. The van der Waals surface area contributed by atoms with Gasteiger partial charge in [-0.05, 0) is 35.2 Å². The first-order chi connectivity index (χ1) is 12.2. The monoisotopic (exact) mass is 416 g/mol. The fraction of sp³-hybridized carbons (Fsp3) is 0.688. The van der Waals surface area contributed by atoms with Crippen molar-refractivity contribution in [3.63, 3.8) is 0 Å². The average Bonchev–Trinajstić information content (AvgIpc) is 2.61. The summed E-state index contributed by atoms with van der Waals surface area (Å²) in [4.78, 5) is 15.7. The zero-order valence-corrected chi connectivity index (χ0v) is 15.5. The Balaban J connectivity index is 1.34. The Kier molecular flexibility index (Phi) is 6.94. The van der Waals surface area contributed by atoms with Gasteiger partial charge >= 0.3 is 0 Å². The van der Waals surface area contributed by atoms with Gasteiger partial charge in [0, 0.05) is 24.9 Å². The van der Waals surface area contributed by atoms with E-state index in [0.29, 0.717) is 25.6 Å². The maximum absolute atomic E-state index is 13.1. The molecule has 2 atom stereocenters. The van der Waals surface area contributed by atoms with Gasteiger partial charge in [-0.2, -0.15) is 0 Å². The van der Waals surface area contributed by atoms with Crippen LogP contribution < -0.4 is 4.90 Å². The van der Waals surface area contributed by atoms with Crippen LogP contribution in [0.25, 0.3) is 0 Å². The number of alkyl halides is 1. The minimum Gasteiger partial charge on any atom is -0.395 e. The van der Waals surface area contributed by atoms with E-state index in [4.69, 9.17) is 14.3 Å². The van der Waals surface area contributed by atoms with Gasteiger partial charge in [0.25, 0.3) is 0 Å². The van der Waals surface area contributed by atoms with Crippen LogP contribution >= 0.6 is 15.9 Å². The summed E-state index contributed by atoms with van der Waals surface area (Å²) in [5, 5.41) is 4.06. The molecule has 0 N–H and O–H groups in total. The summed E-state index contributed by atoms with van der Waals surface area (Å²) < 4.78 is 25.0. The Morgan fingerprint density at radius 3 is 2.80 bits per heavy atom. The molecule has 2 saturated heterocycles. The number of halogens is 2. The molecule has 0 saturated carbocycles. The van der Waals surface area contributed by atoms with Crippen LogP contribution in [0.15, 0.2) is 22.0 Å². The molecule has 0 spiro atoms. The quantitative estimate of drug-likeness (QED) is 0.606. The summed E-state index contributed by atoms with van der Waals surface area (Å²) in [5.41, 5.74) is 0.889. The number of hydrogen-bond donors (Lipinski definition) is 0. The Bertz CT molecular complexity index is 561. The maximum Gasteiger partial charge on any atom is 0.226 e. The lowest BCUT2D eigenvalue weighted by Gasteiger charge is -2.31. The summed E-state index contributed by atoms with van der Waals surface area (Å²) in [5.74, 6) is 0.325. The lowest BCUT2D eigenvalue weighted by molar-refractivity contribution is -0.172.